The quantitative estimate of drug-likeness (QED) is 0.730. The Morgan fingerprint density at radius 1 is 1.44 bits per heavy atom. The van der Waals surface area contributed by atoms with Crippen LogP contribution in [-0.2, 0) is 0 Å². The van der Waals surface area contributed by atoms with E-state index in [1.54, 1.807) is 0 Å². The molecule has 0 aromatic carbocycles. The second-order valence-corrected chi connectivity index (χ2v) is 7.06. The Balaban J connectivity index is 2.48. The molecule has 1 heterocycles. The Hall–Kier alpha value is 0.270. The first kappa shape index (κ1) is 16.3. The van der Waals surface area contributed by atoms with Crippen LogP contribution >= 0.6 is 11.8 Å². The van der Waals surface area contributed by atoms with Gasteiger partial charge in [-0.25, -0.2) is 0 Å². The van der Waals surface area contributed by atoms with Crippen LogP contribution in [0.1, 0.15) is 46.0 Å². The summed E-state index contributed by atoms with van der Waals surface area (Å²) >= 11 is 1.96. The second kappa shape index (κ2) is 8.44. The number of piperidine rings is 1. The molecular weight excluding hydrogens is 240 g/mol. The van der Waals surface area contributed by atoms with Crippen molar-refractivity contribution in [2.45, 2.75) is 52.0 Å². The predicted octanol–water partition coefficient (Wildman–Crippen LogP) is 3.23. The highest BCUT2D eigenvalue weighted by Crippen LogP contribution is 2.33. The summed E-state index contributed by atoms with van der Waals surface area (Å²) in [6.45, 7) is 8.42. The lowest BCUT2D eigenvalue weighted by Crippen LogP contribution is -2.48. The summed E-state index contributed by atoms with van der Waals surface area (Å²) in [5.74, 6) is 1.28. The van der Waals surface area contributed by atoms with Crippen LogP contribution in [0, 0.1) is 5.41 Å². The van der Waals surface area contributed by atoms with Crippen molar-refractivity contribution in [3.63, 3.8) is 0 Å². The van der Waals surface area contributed by atoms with Crippen LogP contribution in [0.2, 0.25) is 0 Å². The van der Waals surface area contributed by atoms with Crippen molar-refractivity contribution in [1.82, 2.24) is 10.2 Å². The minimum Gasteiger partial charge on any atom is -0.316 e. The predicted molar refractivity (Wildman–Crippen MR) is 84.5 cm³/mol. The molecule has 3 heteroatoms. The van der Waals surface area contributed by atoms with Crippen LogP contribution in [0.5, 0.6) is 0 Å². The zero-order valence-corrected chi connectivity index (χ0v) is 13.6. The summed E-state index contributed by atoms with van der Waals surface area (Å²) in [4.78, 5) is 2.60. The minimum atomic E-state index is 0.537. The van der Waals surface area contributed by atoms with E-state index in [1.807, 2.05) is 11.8 Å². The molecule has 2 nitrogen and oxygen atoms in total. The molecule has 18 heavy (non-hydrogen) atoms. The van der Waals surface area contributed by atoms with Gasteiger partial charge in [-0.1, -0.05) is 13.3 Å². The Bertz CT molecular complexity index is 209. The molecular formula is C15H32N2S. The third kappa shape index (κ3) is 5.10. The first-order valence-corrected chi connectivity index (χ1v) is 8.93. The van der Waals surface area contributed by atoms with Crippen LogP contribution in [0.25, 0.3) is 0 Å². The zero-order valence-electron chi connectivity index (χ0n) is 12.8. The first-order valence-electron chi connectivity index (χ1n) is 7.53. The number of hydrogen-bond acceptors (Lipinski definition) is 3. The molecule has 2 atom stereocenters. The molecule has 0 bridgehead atoms. The van der Waals surface area contributed by atoms with E-state index in [4.69, 9.17) is 0 Å². The van der Waals surface area contributed by atoms with Crippen LogP contribution < -0.4 is 5.32 Å². The van der Waals surface area contributed by atoms with Crippen LogP contribution in [0.15, 0.2) is 0 Å². The van der Waals surface area contributed by atoms with E-state index < -0.39 is 0 Å². The molecule has 0 amide bonds. The van der Waals surface area contributed by atoms with Crippen molar-refractivity contribution < 1.29 is 0 Å². The van der Waals surface area contributed by atoms with Gasteiger partial charge in [0.1, 0.15) is 0 Å². The van der Waals surface area contributed by atoms with E-state index >= 15 is 0 Å². The second-order valence-electron chi connectivity index (χ2n) is 6.08. The fourth-order valence-corrected chi connectivity index (χ4v) is 3.76. The normalized spacial score (nSPS) is 26.5. The van der Waals surface area contributed by atoms with E-state index in [0.29, 0.717) is 11.5 Å². The van der Waals surface area contributed by atoms with E-state index in [9.17, 15) is 0 Å². The molecule has 2 unspecified atom stereocenters. The fourth-order valence-electron chi connectivity index (χ4n) is 3.18. The van der Waals surface area contributed by atoms with Gasteiger partial charge in [-0.15, -0.1) is 0 Å². The van der Waals surface area contributed by atoms with Gasteiger partial charge in [0.15, 0.2) is 0 Å². The van der Waals surface area contributed by atoms with Crippen molar-refractivity contribution >= 4 is 11.8 Å². The molecule has 1 N–H and O–H groups in total. The molecule has 0 aromatic heterocycles. The number of nitrogens with zero attached hydrogens (tertiary/aromatic N) is 1. The van der Waals surface area contributed by atoms with Gasteiger partial charge in [-0.2, -0.15) is 11.8 Å². The lowest BCUT2D eigenvalue weighted by atomic mass is 9.76. The number of nitrogens with one attached hydrogen (secondary N) is 1. The summed E-state index contributed by atoms with van der Waals surface area (Å²) in [6, 6.07) is 0.716. The molecule has 1 fully saturated rings. The number of hydrogen-bond donors (Lipinski definition) is 1. The molecule has 0 spiro atoms. The third-order valence-corrected chi connectivity index (χ3v) is 5.06. The maximum atomic E-state index is 3.62. The number of rotatable bonds is 8. The maximum Gasteiger partial charge on any atom is 0.00719 e. The van der Waals surface area contributed by atoms with Gasteiger partial charge in [0.25, 0.3) is 0 Å². The molecule has 1 rings (SSSR count). The lowest BCUT2D eigenvalue weighted by Gasteiger charge is -2.42. The molecule has 1 saturated heterocycles. The largest absolute Gasteiger partial charge is 0.316 e. The molecule has 0 aliphatic carbocycles. The zero-order chi connectivity index (χ0) is 13.4. The van der Waals surface area contributed by atoms with Crippen LogP contribution in [0.4, 0.5) is 0 Å². The van der Waals surface area contributed by atoms with Gasteiger partial charge < -0.3 is 10.2 Å². The smallest absolute Gasteiger partial charge is 0.00719 e. The van der Waals surface area contributed by atoms with Crippen molar-refractivity contribution in [3.8, 4) is 0 Å². The van der Waals surface area contributed by atoms with Crippen molar-refractivity contribution in [3.05, 3.63) is 0 Å². The molecule has 1 aliphatic rings. The van der Waals surface area contributed by atoms with Crippen LogP contribution in [-0.4, -0.2) is 49.6 Å². The van der Waals surface area contributed by atoms with Crippen molar-refractivity contribution in [2.24, 2.45) is 5.41 Å². The highest BCUT2D eigenvalue weighted by Gasteiger charge is 2.33. The highest BCUT2D eigenvalue weighted by atomic mass is 32.2. The Morgan fingerprint density at radius 2 is 2.22 bits per heavy atom. The van der Waals surface area contributed by atoms with Gasteiger partial charge in [0, 0.05) is 19.1 Å². The van der Waals surface area contributed by atoms with Gasteiger partial charge in [0.05, 0.1) is 0 Å². The van der Waals surface area contributed by atoms with E-state index in [1.165, 1.54) is 57.5 Å². The van der Waals surface area contributed by atoms with E-state index in [0.717, 1.165) is 0 Å². The summed E-state index contributed by atoms with van der Waals surface area (Å²) in [6.07, 6.45) is 8.97. The Morgan fingerprint density at radius 3 is 2.78 bits per heavy atom. The first-order chi connectivity index (χ1) is 8.63. The van der Waals surface area contributed by atoms with E-state index in [2.05, 4.69) is 37.4 Å². The molecule has 0 radical (unpaired) electrons. The van der Waals surface area contributed by atoms with Gasteiger partial charge in [-0.05, 0) is 63.6 Å². The standard InChI is InChI=1S/C15H32N2S/c1-5-8-15(9-6-10-16-12-15)13-17(3)14(2)7-11-18-4/h14,16H,5-13H2,1-4H3. The highest BCUT2D eigenvalue weighted by molar-refractivity contribution is 7.98. The summed E-state index contributed by atoms with van der Waals surface area (Å²) < 4.78 is 0. The monoisotopic (exact) mass is 272 g/mol. The average molecular weight is 273 g/mol. The summed E-state index contributed by atoms with van der Waals surface area (Å²) in [7, 11) is 2.32. The molecule has 0 saturated carbocycles. The minimum absolute atomic E-state index is 0.537. The SMILES string of the molecule is CCCC1(CN(C)C(C)CCSC)CCCNC1. The fraction of sp³-hybridized carbons (Fsp3) is 1.00. The van der Waals surface area contributed by atoms with Crippen molar-refractivity contribution in [2.75, 3.05) is 38.7 Å². The summed E-state index contributed by atoms with van der Waals surface area (Å²) in [5, 5.41) is 3.62. The number of thioether (sulfide) groups is 1. The molecule has 1 aliphatic heterocycles. The Kier molecular flexibility index (Phi) is 7.66. The lowest BCUT2D eigenvalue weighted by molar-refractivity contribution is 0.0997. The van der Waals surface area contributed by atoms with Gasteiger partial charge >= 0.3 is 0 Å². The maximum absolute atomic E-state index is 3.62. The van der Waals surface area contributed by atoms with Gasteiger partial charge in [0.2, 0.25) is 0 Å². The molecule has 0 aromatic rings. The van der Waals surface area contributed by atoms with Crippen LogP contribution in [0.3, 0.4) is 0 Å². The van der Waals surface area contributed by atoms with E-state index in [-0.39, 0.29) is 0 Å². The molecule has 108 valence electrons. The van der Waals surface area contributed by atoms with Gasteiger partial charge in [-0.3, -0.25) is 0 Å². The third-order valence-electron chi connectivity index (χ3n) is 4.42. The van der Waals surface area contributed by atoms with Crippen molar-refractivity contribution in [1.29, 1.82) is 0 Å². The summed E-state index contributed by atoms with van der Waals surface area (Å²) in [5.41, 5.74) is 0.537. The average Bonchev–Trinajstić information content (AvgIpc) is 2.37. The Labute approximate surface area is 118 Å². The topological polar surface area (TPSA) is 15.3 Å².